The van der Waals surface area contributed by atoms with E-state index in [0.29, 0.717) is 25.1 Å². The minimum Gasteiger partial charge on any atom is -0.393 e. The lowest BCUT2D eigenvalue weighted by Crippen LogP contribution is -2.55. The van der Waals surface area contributed by atoms with E-state index in [2.05, 4.69) is 16.9 Å². The molecule has 0 spiro atoms. The maximum atomic E-state index is 14.0. The second-order valence-electron chi connectivity index (χ2n) is 6.37. The lowest BCUT2D eigenvalue weighted by molar-refractivity contribution is -0.134. The van der Waals surface area contributed by atoms with Crippen LogP contribution in [0.1, 0.15) is 18.1 Å². The summed E-state index contributed by atoms with van der Waals surface area (Å²) in [4.78, 5) is 2.23. The van der Waals surface area contributed by atoms with Crippen LogP contribution in [0.5, 0.6) is 0 Å². The molecule has 2 aromatic rings. The van der Waals surface area contributed by atoms with E-state index >= 15 is 0 Å². The number of morpholine rings is 1. The van der Waals surface area contributed by atoms with Gasteiger partial charge < -0.3 is 9.84 Å². The predicted octanol–water partition coefficient (Wildman–Crippen LogP) is 1.85. The molecule has 3 rings (SSSR count). The standard InChI is InChI=1S/C18H24FN3O2/c1-2-22-12-15(10-20-22)11-21-7-8-24-18(13-21,14-23)9-16-5-3-4-6-17(16)19/h3-6,10,12,23H,2,7-9,11,13-14H2,1H3/t18-/m1/s1. The van der Waals surface area contributed by atoms with Gasteiger partial charge in [0, 0.05) is 44.4 Å². The van der Waals surface area contributed by atoms with Gasteiger partial charge in [0.2, 0.25) is 0 Å². The largest absolute Gasteiger partial charge is 0.393 e. The summed E-state index contributed by atoms with van der Waals surface area (Å²) in [7, 11) is 0. The Balaban J connectivity index is 1.70. The van der Waals surface area contributed by atoms with Gasteiger partial charge in [-0.3, -0.25) is 9.58 Å². The van der Waals surface area contributed by atoms with Crippen LogP contribution in [0.3, 0.4) is 0 Å². The average molecular weight is 333 g/mol. The smallest absolute Gasteiger partial charge is 0.126 e. The molecule has 1 aromatic heterocycles. The van der Waals surface area contributed by atoms with Crippen LogP contribution >= 0.6 is 0 Å². The number of benzene rings is 1. The van der Waals surface area contributed by atoms with Crippen molar-refractivity contribution in [3.63, 3.8) is 0 Å². The molecule has 1 saturated heterocycles. The lowest BCUT2D eigenvalue weighted by atomic mass is 9.92. The highest BCUT2D eigenvalue weighted by molar-refractivity contribution is 5.20. The zero-order chi connectivity index (χ0) is 17.0. The molecule has 0 saturated carbocycles. The Morgan fingerprint density at radius 3 is 2.92 bits per heavy atom. The van der Waals surface area contributed by atoms with E-state index in [1.165, 1.54) is 6.07 Å². The number of rotatable bonds is 6. The molecule has 1 fully saturated rings. The van der Waals surface area contributed by atoms with Crippen LogP contribution in [-0.2, 0) is 24.2 Å². The van der Waals surface area contributed by atoms with Crippen molar-refractivity contribution < 1.29 is 14.2 Å². The number of aryl methyl sites for hydroxylation is 1. The summed E-state index contributed by atoms with van der Waals surface area (Å²) in [6.45, 7) is 5.39. The van der Waals surface area contributed by atoms with Crippen LogP contribution in [0.25, 0.3) is 0 Å². The van der Waals surface area contributed by atoms with Crippen LogP contribution in [0, 0.1) is 5.82 Å². The summed E-state index contributed by atoms with van der Waals surface area (Å²) < 4.78 is 21.8. The van der Waals surface area contributed by atoms with Crippen LogP contribution in [-0.4, -0.2) is 51.7 Å². The normalized spacial score (nSPS) is 22.0. The lowest BCUT2D eigenvalue weighted by Gasteiger charge is -2.42. The fourth-order valence-corrected chi connectivity index (χ4v) is 3.22. The maximum Gasteiger partial charge on any atom is 0.126 e. The van der Waals surface area contributed by atoms with Gasteiger partial charge >= 0.3 is 0 Å². The molecule has 1 N–H and O–H groups in total. The van der Waals surface area contributed by atoms with Crippen molar-refractivity contribution in [2.24, 2.45) is 0 Å². The Labute approximate surface area is 141 Å². The summed E-state index contributed by atoms with van der Waals surface area (Å²) in [6.07, 6.45) is 4.27. The third-order valence-corrected chi connectivity index (χ3v) is 4.50. The highest BCUT2D eigenvalue weighted by atomic mass is 19.1. The van der Waals surface area contributed by atoms with Gasteiger partial charge in [0.1, 0.15) is 11.4 Å². The number of hydrogen-bond donors (Lipinski definition) is 1. The molecular weight excluding hydrogens is 309 g/mol. The predicted molar refractivity (Wildman–Crippen MR) is 89.1 cm³/mol. The van der Waals surface area contributed by atoms with Gasteiger partial charge in [-0.15, -0.1) is 0 Å². The van der Waals surface area contributed by atoms with Crippen LogP contribution in [0.2, 0.25) is 0 Å². The Morgan fingerprint density at radius 2 is 2.21 bits per heavy atom. The van der Waals surface area contributed by atoms with E-state index in [1.807, 2.05) is 23.1 Å². The molecule has 2 heterocycles. The Bertz CT molecular complexity index is 676. The van der Waals surface area contributed by atoms with Crippen molar-refractivity contribution in [2.75, 3.05) is 26.3 Å². The van der Waals surface area contributed by atoms with E-state index in [-0.39, 0.29) is 12.4 Å². The first-order chi connectivity index (χ1) is 11.6. The van der Waals surface area contributed by atoms with Gasteiger partial charge in [0.25, 0.3) is 0 Å². The summed E-state index contributed by atoms with van der Waals surface area (Å²) in [5.41, 5.74) is 0.949. The average Bonchev–Trinajstić information content (AvgIpc) is 3.05. The minimum atomic E-state index is -0.763. The molecule has 6 heteroatoms. The zero-order valence-electron chi connectivity index (χ0n) is 14.0. The number of hydrogen-bond acceptors (Lipinski definition) is 4. The Hall–Kier alpha value is -1.76. The first kappa shape index (κ1) is 17.1. The van der Waals surface area contributed by atoms with Crippen LogP contribution in [0.15, 0.2) is 36.7 Å². The Kier molecular flexibility index (Phi) is 5.28. The summed E-state index contributed by atoms with van der Waals surface area (Å²) in [6, 6.07) is 6.67. The molecule has 0 unspecified atom stereocenters. The van der Waals surface area contributed by atoms with Crippen molar-refractivity contribution >= 4 is 0 Å². The number of aromatic nitrogens is 2. The van der Waals surface area contributed by atoms with E-state index in [1.54, 1.807) is 12.1 Å². The first-order valence-electron chi connectivity index (χ1n) is 8.36. The van der Waals surface area contributed by atoms with Gasteiger partial charge in [0.05, 0.1) is 19.4 Å². The molecule has 0 bridgehead atoms. The molecule has 0 radical (unpaired) electrons. The molecule has 0 aliphatic carbocycles. The Morgan fingerprint density at radius 1 is 1.38 bits per heavy atom. The number of ether oxygens (including phenoxy) is 1. The number of halogens is 1. The third-order valence-electron chi connectivity index (χ3n) is 4.50. The second-order valence-corrected chi connectivity index (χ2v) is 6.37. The molecule has 1 aliphatic heterocycles. The van der Waals surface area contributed by atoms with E-state index in [4.69, 9.17) is 4.74 Å². The fourth-order valence-electron chi connectivity index (χ4n) is 3.22. The number of nitrogens with zero attached hydrogens (tertiary/aromatic N) is 3. The summed E-state index contributed by atoms with van der Waals surface area (Å²) in [5, 5.41) is 14.2. The van der Waals surface area contributed by atoms with Crippen molar-refractivity contribution in [3.05, 3.63) is 53.6 Å². The molecule has 1 aromatic carbocycles. The summed E-state index contributed by atoms with van der Waals surface area (Å²) >= 11 is 0. The maximum absolute atomic E-state index is 14.0. The van der Waals surface area contributed by atoms with Crippen molar-refractivity contribution in [1.29, 1.82) is 0 Å². The SMILES string of the molecule is CCn1cc(CN2CCO[C@](CO)(Cc3ccccc3F)C2)cn1. The fraction of sp³-hybridized carbons (Fsp3) is 0.500. The monoisotopic (exact) mass is 333 g/mol. The molecule has 1 atom stereocenters. The van der Waals surface area contributed by atoms with E-state index < -0.39 is 5.60 Å². The van der Waals surface area contributed by atoms with Gasteiger partial charge in [-0.05, 0) is 18.6 Å². The van der Waals surface area contributed by atoms with Gasteiger partial charge in [0.15, 0.2) is 0 Å². The van der Waals surface area contributed by atoms with E-state index in [9.17, 15) is 9.50 Å². The van der Waals surface area contributed by atoms with E-state index in [0.717, 1.165) is 25.2 Å². The van der Waals surface area contributed by atoms with Gasteiger partial charge in [-0.1, -0.05) is 18.2 Å². The van der Waals surface area contributed by atoms with Crippen molar-refractivity contribution in [3.8, 4) is 0 Å². The van der Waals surface area contributed by atoms with Crippen molar-refractivity contribution in [2.45, 2.75) is 32.0 Å². The molecular formula is C18H24FN3O2. The zero-order valence-corrected chi connectivity index (χ0v) is 14.0. The molecule has 5 nitrogen and oxygen atoms in total. The number of aliphatic hydroxyl groups excluding tert-OH is 1. The van der Waals surface area contributed by atoms with Gasteiger partial charge in [-0.25, -0.2) is 4.39 Å². The minimum absolute atomic E-state index is 0.133. The van der Waals surface area contributed by atoms with Crippen LogP contribution < -0.4 is 0 Å². The third kappa shape index (κ3) is 3.83. The van der Waals surface area contributed by atoms with Gasteiger partial charge in [-0.2, -0.15) is 5.10 Å². The van der Waals surface area contributed by atoms with Crippen LogP contribution in [0.4, 0.5) is 4.39 Å². The molecule has 1 aliphatic rings. The topological polar surface area (TPSA) is 50.5 Å². The summed E-state index contributed by atoms with van der Waals surface area (Å²) in [5.74, 6) is -0.254. The number of aliphatic hydroxyl groups is 1. The highest BCUT2D eigenvalue weighted by Gasteiger charge is 2.37. The second kappa shape index (κ2) is 7.42. The quantitative estimate of drug-likeness (QED) is 0.876. The first-order valence-corrected chi connectivity index (χ1v) is 8.36. The van der Waals surface area contributed by atoms with Crippen molar-refractivity contribution in [1.82, 2.24) is 14.7 Å². The molecule has 24 heavy (non-hydrogen) atoms. The molecule has 130 valence electrons. The molecule has 0 amide bonds. The highest BCUT2D eigenvalue weighted by Crippen LogP contribution is 2.25.